The van der Waals surface area contributed by atoms with Crippen LogP contribution in [0.1, 0.15) is 45.2 Å². The zero-order chi connectivity index (χ0) is 11.6. The maximum absolute atomic E-state index is 4.19. The molecule has 2 rings (SSSR count). The molecule has 3 heteroatoms. The molecule has 0 radical (unpaired) electrons. The van der Waals surface area contributed by atoms with Crippen LogP contribution in [0.4, 0.5) is 0 Å². The largest absolute Gasteiger partial charge is 0.306 e. The van der Waals surface area contributed by atoms with E-state index in [-0.39, 0.29) is 0 Å². The number of hydrogen-bond acceptors (Lipinski definition) is 2. The number of rotatable bonds is 3. The van der Waals surface area contributed by atoms with Gasteiger partial charge in [-0.15, -0.1) is 0 Å². The van der Waals surface area contributed by atoms with E-state index in [2.05, 4.69) is 30.3 Å². The van der Waals surface area contributed by atoms with Gasteiger partial charge in [0, 0.05) is 25.3 Å². The van der Waals surface area contributed by atoms with Crippen molar-refractivity contribution in [1.82, 2.24) is 15.1 Å². The van der Waals surface area contributed by atoms with E-state index in [4.69, 9.17) is 0 Å². The first kappa shape index (κ1) is 11.6. The second-order valence-electron chi connectivity index (χ2n) is 5.54. The van der Waals surface area contributed by atoms with E-state index in [0.717, 1.165) is 12.5 Å². The maximum atomic E-state index is 4.19. The van der Waals surface area contributed by atoms with E-state index in [1.165, 1.54) is 31.4 Å². The van der Waals surface area contributed by atoms with Crippen molar-refractivity contribution in [3.63, 3.8) is 0 Å². The summed E-state index contributed by atoms with van der Waals surface area (Å²) in [4.78, 5) is 0. The molecule has 16 heavy (non-hydrogen) atoms. The summed E-state index contributed by atoms with van der Waals surface area (Å²) in [6.07, 6.45) is 7.17. The summed E-state index contributed by atoms with van der Waals surface area (Å²) in [6, 6.07) is 2.09. The molecule has 0 amide bonds. The number of nitrogens with one attached hydrogen (secondary N) is 1. The van der Waals surface area contributed by atoms with Gasteiger partial charge < -0.3 is 5.32 Å². The lowest BCUT2D eigenvalue weighted by molar-refractivity contribution is 0.211. The minimum atomic E-state index is 0.330. The zero-order valence-electron chi connectivity index (χ0n) is 10.7. The van der Waals surface area contributed by atoms with Gasteiger partial charge in [-0.05, 0) is 44.6 Å². The maximum Gasteiger partial charge on any atom is 0.0518 e. The Morgan fingerprint density at radius 1 is 1.50 bits per heavy atom. The average molecular weight is 221 g/mol. The molecule has 0 aliphatic heterocycles. The van der Waals surface area contributed by atoms with Gasteiger partial charge in [0.2, 0.25) is 0 Å². The first-order valence-electron chi connectivity index (χ1n) is 6.31. The Kier molecular flexibility index (Phi) is 3.33. The number of nitrogens with zero attached hydrogens (tertiary/aromatic N) is 2. The first-order chi connectivity index (χ1) is 7.59. The van der Waals surface area contributed by atoms with Crippen molar-refractivity contribution in [1.29, 1.82) is 0 Å². The minimum absolute atomic E-state index is 0.330. The van der Waals surface area contributed by atoms with Crippen molar-refractivity contribution in [2.45, 2.75) is 51.6 Å². The molecule has 1 aliphatic rings. The van der Waals surface area contributed by atoms with Gasteiger partial charge in [0.05, 0.1) is 5.69 Å². The smallest absolute Gasteiger partial charge is 0.0518 e. The lowest BCUT2D eigenvalue weighted by atomic mass is 9.78. The summed E-state index contributed by atoms with van der Waals surface area (Å²) in [5, 5.41) is 7.89. The van der Waals surface area contributed by atoms with Crippen LogP contribution in [0.2, 0.25) is 0 Å². The third-order valence-corrected chi connectivity index (χ3v) is 4.00. The Bertz CT molecular complexity index is 335. The van der Waals surface area contributed by atoms with Gasteiger partial charge in [-0.25, -0.2) is 0 Å². The van der Waals surface area contributed by atoms with Crippen molar-refractivity contribution >= 4 is 0 Å². The highest BCUT2D eigenvalue weighted by molar-refractivity contribution is 5.01. The monoisotopic (exact) mass is 221 g/mol. The number of aryl methyl sites for hydroxylation is 1. The topological polar surface area (TPSA) is 29.9 Å². The second kappa shape index (κ2) is 4.58. The Morgan fingerprint density at radius 2 is 2.19 bits per heavy atom. The molecule has 0 unspecified atom stereocenters. The van der Waals surface area contributed by atoms with Crippen LogP contribution in [0.5, 0.6) is 0 Å². The fourth-order valence-corrected chi connectivity index (χ4v) is 2.45. The van der Waals surface area contributed by atoms with Crippen LogP contribution in [0.3, 0.4) is 0 Å². The minimum Gasteiger partial charge on any atom is -0.306 e. The zero-order valence-corrected chi connectivity index (χ0v) is 10.7. The van der Waals surface area contributed by atoms with Crippen LogP contribution in [-0.2, 0) is 13.6 Å². The molecule has 1 fully saturated rings. The van der Waals surface area contributed by atoms with Crippen LogP contribution < -0.4 is 5.32 Å². The van der Waals surface area contributed by atoms with E-state index in [1.54, 1.807) is 0 Å². The van der Waals surface area contributed by atoms with E-state index >= 15 is 0 Å². The normalized spacial score (nSPS) is 30.6. The molecule has 1 aromatic heterocycles. The SMILES string of the molecule is CC1CCC(C)(NCc2ccnn2C)CC1. The summed E-state index contributed by atoms with van der Waals surface area (Å²) in [5.74, 6) is 0.909. The second-order valence-corrected chi connectivity index (χ2v) is 5.54. The summed E-state index contributed by atoms with van der Waals surface area (Å²) in [5.41, 5.74) is 1.59. The van der Waals surface area contributed by atoms with Crippen molar-refractivity contribution < 1.29 is 0 Å². The molecule has 1 saturated carbocycles. The van der Waals surface area contributed by atoms with Gasteiger partial charge in [0.1, 0.15) is 0 Å². The molecule has 1 heterocycles. The predicted octanol–water partition coefficient (Wildman–Crippen LogP) is 2.48. The molecule has 0 spiro atoms. The van der Waals surface area contributed by atoms with Crippen molar-refractivity contribution in [3.8, 4) is 0 Å². The Hall–Kier alpha value is -0.830. The Morgan fingerprint density at radius 3 is 2.75 bits per heavy atom. The number of aromatic nitrogens is 2. The van der Waals surface area contributed by atoms with Crippen molar-refractivity contribution in [2.75, 3.05) is 0 Å². The molecule has 90 valence electrons. The fraction of sp³-hybridized carbons (Fsp3) is 0.769. The quantitative estimate of drug-likeness (QED) is 0.850. The molecule has 0 saturated heterocycles. The highest BCUT2D eigenvalue weighted by Crippen LogP contribution is 2.31. The van der Waals surface area contributed by atoms with E-state index in [0.29, 0.717) is 5.54 Å². The molecule has 1 N–H and O–H groups in total. The summed E-state index contributed by atoms with van der Waals surface area (Å²) in [7, 11) is 2.00. The molecular formula is C13H23N3. The van der Waals surface area contributed by atoms with Gasteiger partial charge in [-0.2, -0.15) is 5.10 Å². The van der Waals surface area contributed by atoms with Gasteiger partial charge in [0.15, 0.2) is 0 Å². The molecule has 0 atom stereocenters. The van der Waals surface area contributed by atoms with Crippen LogP contribution in [-0.4, -0.2) is 15.3 Å². The van der Waals surface area contributed by atoms with Gasteiger partial charge in [0.25, 0.3) is 0 Å². The molecule has 0 aromatic carbocycles. The standard InChI is InChI=1S/C13H23N3/c1-11-4-7-13(2,8-5-11)14-10-12-6-9-15-16(12)3/h6,9,11,14H,4-5,7-8,10H2,1-3H3. The average Bonchev–Trinajstić information content (AvgIpc) is 2.67. The van der Waals surface area contributed by atoms with Crippen molar-refractivity contribution in [2.24, 2.45) is 13.0 Å². The van der Waals surface area contributed by atoms with Crippen LogP contribution in [0.25, 0.3) is 0 Å². The van der Waals surface area contributed by atoms with Crippen molar-refractivity contribution in [3.05, 3.63) is 18.0 Å². The molecular weight excluding hydrogens is 198 g/mol. The predicted molar refractivity (Wildman–Crippen MR) is 66.1 cm³/mol. The van der Waals surface area contributed by atoms with Gasteiger partial charge in [-0.3, -0.25) is 4.68 Å². The third kappa shape index (κ3) is 2.64. The summed E-state index contributed by atoms with van der Waals surface area (Å²) < 4.78 is 1.95. The molecule has 3 nitrogen and oxygen atoms in total. The van der Waals surface area contributed by atoms with E-state index in [1.807, 2.05) is 17.9 Å². The summed E-state index contributed by atoms with van der Waals surface area (Å²) >= 11 is 0. The highest BCUT2D eigenvalue weighted by atomic mass is 15.3. The van der Waals surface area contributed by atoms with Crippen LogP contribution in [0.15, 0.2) is 12.3 Å². The van der Waals surface area contributed by atoms with Gasteiger partial charge in [-0.1, -0.05) is 6.92 Å². The highest BCUT2D eigenvalue weighted by Gasteiger charge is 2.28. The van der Waals surface area contributed by atoms with Crippen LogP contribution >= 0.6 is 0 Å². The Labute approximate surface area is 98.2 Å². The lowest BCUT2D eigenvalue weighted by Crippen LogP contribution is -2.44. The van der Waals surface area contributed by atoms with E-state index in [9.17, 15) is 0 Å². The van der Waals surface area contributed by atoms with Crippen LogP contribution in [0, 0.1) is 5.92 Å². The molecule has 1 aliphatic carbocycles. The number of hydrogen-bond donors (Lipinski definition) is 1. The van der Waals surface area contributed by atoms with Gasteiger partial charge >= 0.3 is 0 Å². The first-order valence-corrected chi connectivity index (χ1v) is 6.31. The third-order valence-electron chi connectivity index (χ3n) is 4.00. The Balaban J connectivity index is 1.88. The molecule has 0 bridgehead atoms. The fourth-order valence-electron chi connectivity index (χ4n) is 2.45. The summed E-state index contributed by atoms with van der Waals surface area (Å²) in [6.45, 7) is 5.65. The molecule has 1 aromatic rings. The lowest BCUT2D eigenvalue weighted by Gasteiger charge is -2.37. The van der Waals surface area contributed by atoms with E-state index < -0.39 is 0 Å².